The molecule has 0 aliphatic heterocycles. The van der Waals surface area contributed by atoms with Crippen molar-refractivity contribution in [1.29, 1.82) is 0 Å². The lowest BCUT2D eigenvalue weighted by Crippen LogP contribution is -2.11. The number of anilines is 1. The molecule has 1 saturated carbocycles. The lowest BCUT2D eigenvalue weighted by Gasteiger charge is -2.16. The topological polar surface area (TPSA) is 51.2 Å². The van der Waals surface area contributed by atoms with Crippen LogP contribution in [0.5, 0.6) is 5.75 Å². The van der Waals surface area contributed by atoms with Gasteiger partial charge in [0.15, 0.2) is 0 Å². The zero-order chi connectivity index (χ0) is 22.7. The SMILES string of the molecule is COc1cccc([C@]2(c3cccs3)C[C@H]2C=CC(=O)Nc2ccc(-c3cccnc3)cc2)c1. The number of carbonyl (C=O) groups excluding carboxylic acids is 1. The van der Waals surface area contributed by atoms with Gasteiger partial charge in [0.2, 0.25) is 5.91 Å². The number of carbonyl (C=O) groups is 1. The summed E-state index contributed by atoms with van der Waals surface area (Å²) in [5, 5.41) is 5.07. The molecular weight excluding hydrogens is 428 g/mol. The molecule has 1 fully saturated rings. The van der Waals surface area contributed by atoms with Gasteiger partial charge in [0, 0.05) is 28.4 Å². The number of hydrogen-bond donors (Lipinski definition) is 1. The number of allylic oxidation sites excluding steroid dienone is 1. The minimum atomic E-state index is -0.123. The van der Waals surface area contributed by atoms with Crippen molar-refractivity contribution < 1.29 is 9.53 Å². The number of nitrogens with zero attached hydrogens (tertiary/aromatic N) is 1. The highest BCUT2D eigenvalue weighted by molar-refractivity contribution is 7.10. The van der Waals surface area contributed by atoms with Gasteiger partial charge in [-0.3, -0.25) is 9.78 Å². The van der Waals surface area contributed by atoms with Crippen LogP contribution >= 0.6 is 11.3 Å². The molecule has 0 bridgehead atoms. The van der Waals surface area contributed by atoms with Crippen molar-refractivity contribution in [2.45, 2.75) is 11.8 Å². The van der Waals surface area contributed by atoms with E-state index in [1.54, 1.807) is 30.7 Å². The van der Waals surface area contributed by atoms with Gasteiger partial charge >= 0.3 is 0 Å². The van der Waals surface area contributed by atoms with Gasteiger partial charge < -0.3 is 10.1 Å². The summed E-state index contributed by atoms with van der Waals surface area (Å²) in [6, 6.07) is 24.3. The summed E-state index contributed by atoms with van der Waals surface area (Å²) in [7, 11) is 1.69. The average Bonchev–Trinajstić information content (AvgIpc) is 3.33. The Morgan fingerprint density at radius 3 is 2.70 bits per heavy atom. The Balaban J connectivity index is 1.29. The maximum Gasteiger partial charge on any atom is 0.248 e. The maximum atomic E-state index is 12.6. The van der Waals surface area contributed by atoms with E-state index in [9.17, 15) is 4.79 Å². The Labute approximate surface area is 197 Å². The van der Waals surface area contributed by atoms with Crippen LogP contribution in [0.4, 0.5) is 5.69 Å². The van der Waals surface area contributed by atoms with Crippen LogP contribution in [0.15, 0.2) is 103 Å². The first-order valence-corrected chi connectivity index (χ1v) is 11.8. The second kappa shape index (κ2) is 9.04. The van der Waals surface area contributed by atoms with Crippen LogP contribution in [0.3, 0.4) is 0 Å². The number of amides is 1. The van der Waals surface area contributed by atoms with E-state index in [2.05, 4.69) is 39.9 Å². The first kappa shape index (κ1) is 21.2. The molecule has 2 aromatic carbocycles. The van der Waals surface area contributed by atoms with Gasteiger partial charge in [-0.05, 0) is 76.9 Å². The third kappa shape index (κ3) is 4.32. The van der Waals surface area contributed by atoms with Gasteiger partial charge in [0.1, 0.15) is 5.75 Å². The first-order chi connectivity index (χ1) is 16.2. The third-order valence-corrected chi connectivity index (χ3v) is 7.24. The van der Waals surface area contributed by atoms with E-state index in [0.29, 0.717) is 0 Å². The summed E-state index contributed by atoms with van der Waals surface area (Å²) in [6.07, 6.45) is 8.26. The number of hydrogen-bond acceptors (Lipinski definition) is 4. The van der Waals surface area contributed by atoms with Gasteiger partial charge in [-0.1, -0.05) is 42.5 Å². The number of methoxy groups -OCH3 is 1. The molecule has 2 aromatic heterocycles. The molecule has 5 rings (SSSR count). The fraction of sp³-hybridized carbons (Fsp3) is 0.143. The molecule has 0 spiro atoms. The van der Waals surface area contributed by atoms with E-state index in [1.165, 1.54) is 10.4 Å². The highest BCUT2D eigenvalue weighted by Gasteiger charge is 2.55. The average molecular weight is 453 g/mol. The van der Waals surface area contributed by atoms with Crippen molar-refractivity contribution in [2.75, 3.05) is 12.4 Å². The molecule has 0 unspecified atom stereocenters. The van der Waals surface area contributed by atoms with E-state index in [0.717, 1.165) is 29.0 Å². The number of benzene rings is 2. The number of aromatic nitrogens is 1. The van der Waals surface area contributed by atoms with Crippen molar-refractivity contribution >= 4 is 22.9 Å². The number of nitrogens with one attached hydrogen (secondary N) is 1. The van der Waals surface area contributed by atoms with Gasteiger partial charge in [-0.25, -0.2) is 0 Å². The van der Waals surface area contributed by atoms with Crippen LogP contribution in [0, 0.1) is 5.92 Å². The first-order valence-electron chi connectivity index (χ1n) is 10.9. The zero-order valence-electron chi connectivity index (χ0n) is 18.3. The molecule has 0 radical (unpaired) electrons. The van der Waals surface area contributed by atoms with Gasteiger partial charge in [-0.2, -0.15) is 0 Å². The molecular formula is C28H24N2O2S. The molecule has 2 atom stereocenters. The lowest BCUT2D eigenvalue weighted by molar-refractivity contribution is -0.111. The van der Waals surface area contributed by atoms with Gasteiger partial charge in [0.25, 0.3) is 0 Å². The van der Waals surface area contributed by atoms with E-state index >= 15 is 0 Å². The Kier molecular flexibility index (Phi) is 5.80. The summed E-state index contributed by atoms with van der Waals surface area (Å²) in [5.41, 5.74) is 4.01. The van der Waals surface area contributed by atoms with Crippen LogP contribution in [-0.4, -0.2) is 18.0 Å². The van der Waals surface area contributed by atoms with E-state index in [4.69, 9.17) is 4.74 Å². The second-order valence-corrected chi connectivity index (χ2v) is 9.11. The summed E-state index contributed by atoms with van der Waals surface area (Å²) < 4.78 is 5.45. The van der Waals surface area contributed by atoms with Gasteiger partial charge in [0.05, 0.1) is 7.11 Å². The lowest BCUT2D eigenvalue weighted by atomic mass is 9.91. The number of ether oxygens (including phenoxy) is 1. The Hall–Kier alpha value is -3.70. The molecule has 1 aliphatic rings. The van der Waals surface area contributed by atoms with E-state index in [1.807, 2.05) is 60.8 Å². The molecule has 2 heterocycles. The highest BCUT2D eigenvalue weighted by atomic mass is 32.1. The minimum absolute atomic E-state index is 0.0924. The van der Waals surface area contributed by atoms with Crippen LogP contribution in [0.1, 0.15) is 16.9 Å². The van der Waals surface area contributed by atoms with Gasteiger partial charge in [-0.15, -0.1) is 11.3 Å². The molecule has 4 nitrogen and oxygen atoms in total. The third-order valence-electron chi connectivity index (χ3n) is 6.19. The number of pyridine rings is 1. The van der Waals surface area contributed by atoms with E-state index in [-0.39, 0.29) is 17.2 Å². The summed E-state index contributed by atoms with van der Waals surface area (Å²) in [4.78, 5) is 18.1. The van der Waals surface area contributed by atoms with Crippen molar-refractivity contribution in [2.24, 2.45) is 5.92 Å². The Morgan fingerprint density at radius 1 is 1.09 bits per heavy atom. The molecule has 33 heavy (non-hydrogen) atoms. The van der Waals surface area contributed by atoms with Crippen LogP contribution < -0.4 is 10.1 Å². The Morgan fingerprint density at radius 2 is 1.97 bits per heavy atom. The fourth-order valence-electron chi connectivity index (χ4n) is 4.38. The minimum Gasteiger partial charge on any atom is -0.497 e. The molecule has 4 aromatic rings. The molecule has 1 amide bonds. The van der Waals surface area contributed by atoms with Crippen molar-refractivity contribution in [3.63, 3.8) is 0 Å². The van der Waals surface area contributed by atoms with Crippen LogP contribution in [0.25, 0.3) is 11.1 Å². The van der Waals surface area contributed by atoms with E-state index < -0.39 is 0 Å². The van der Waals surface area contributed by atoms with Crippen LogP contribution in [-0.2, 0) is 10.2 Å². The summed E-state index contributed by atoms with van der Waals surface area (Å²) >= 11 is 1.76. The molecule has 5 heteroatoms. The number of rotatable bonds is 7. The van der Waals surface area contributed by atoms with Crippen LogP contribution in [0.2, 0.25) is 0 Å². The molecule has 0 saturated heterocycles. The summed E-state index contributed by atoms with van der Waals surface area (Å²) in [6.45, 7) is 0. The predicted octanol–water partition coefficient (Wildman–Crippen LogP) is 6.32. The fourth-order valence-corrected chi connectivity index (χ4v) is 5.40. The maximum absolute atomic E-state index is 12.6. The highest BCUT2D eigenvalue weighted by Crippen LogP contribution is 2.61. The second-order valence-electron chi connectivity index (χ2n) is 8.16. The normalized spacial score (nSPS) is 19.4. The molecule has 164 valence electrons. The monoisotopic (exact) mass is 452 g/mol. The number of thiophene rings is 1. The molecule has 1 aliphatic carbocycles. The molecule has 1 N–H and O–H groups in total. The standard InChI is InChI=1S/C28H24N2O2S/c1-32-25-7-2-6-22(17-25)28(26-8-4-16-33-26)18-23(28)11-14-27(31)30-24-12-9-20(10-13-24)21-5-3-15-29-19-21/h2-17,19,23H,18H2,1H3,(H,30,31)/t23-,28-/m1/s1. The van der Waals surface area contributed by atoms with Crippen molar-refractivity contribution in [3.8, 4) is 16.9 Å². The smallest absolute Gasteiger partial charge is 0.248 e. The Bertz CT molecular complexity index is 1270. The van der Waals surface area contributed by atoms with Crippen molar-refractivity contribution in [3.05, 3.63) is 113 Å². The summed E-state index contributed by atoms with van der Waals surface area (Å²) in [5.74, 6) is 0.995. The zero-order valence-corrected chi connectivity index (χ0v) is 19.1. The quantitative estimate of drug-likeness (QED) is 0.334. The van der Waals surface area contributed by atoms with Crippen molar-refractivity contribution in [1.82, 2.24) is 4.98 Å². The largest absolute Gasteiger partial charge is 0.497 e. The predicted molar refractivity (Wildman–Crippen MR) is 134 cm³/mol.